The van der Waals surface area contributed by atoms with E-state index < -0.39 is 36.7 Å². The first-order chi connectivity index (χ1) is 5.89. The molecule has 0 bridgehead atoms. The minimum atomic E-state index is -3.18. The summed E-state index contributed by atoms with van der Waals surface area (Å²) in [7, 11) is -8.36. The van der Waals surface area contributed by atoms with E-state index in [2.05, 4.69) is 0 Å². The molecule has 1 saturated heterocycles. The quantitative estimate of drug-likeness (QED) is 0.554. The van der Waals surface area contributed by atoms with Crippen molar-refractivity contribution in [1.82, 2.24) is 0 Å². The first-order valence-electron chi connectivity index (χ1n) is 4.26. The van der Waals surface area contributed by atoms with E-state index in [0.717, 1.165) is 0 Å². The molecule has 1 heterocycles. The predicted molar refractivity (Wildman–Crippen MR) is 55.7 cm³/mol. The molecule has 5 nitrogen and oxygen atoms in total. The summed E-state index contributed by atoms with van der Waals surface area (Å²) >= 11 is 0. The summed E-state index contributed by atoms with van der Waals surface area (Å²) in [5.74, 6) is 0. The average molecular weight is 256 g/mol. The largest absolute Gasteiger partial charge is 0.507 e. The maximum absolute atomic E-state index is 11.6. The van der Waals surface area contributed by atoms with Crippen LogP contribution >= 0.6 is 0 Å². The molecule has 0 spiro atoms. The Kier molecular flexibility index (Phi) is 4.03. The summed E-state index contributed by atoms with van der Waals surface area (Å²) in [6.45, 7) is 7.13. The fourth-order valence-electron chi connectivity index (χ4n) is 1.26. The van der Waals surface area contributed by atoms with Crippen molar-refractivity contribution in [3.05, 3.63) is 0 Å². The maximum Gasteiger partial charge on any atom is 0.507 e. The highest BCUT2D eigenvalue weighted by atomic mass is 28.5. The smallest absolute Gasteiger partial charge is 0.420 e. The van der Waals surface area contributed by atoms with Gasteiger partial charge in [0.25, 0.3) is 9.28 Å². The molecule has 1 radical (unpaired) electrons. The first kappa shape index (κ1) is 11.7. The Morgan fingerprint density at radius 3 is 1.69 bits per heavy atom. The zero-order valence-corrected chi connectivity index (χ0v) is 12.7. The SMILES string of the molecule is C[SiH]1O[SiH](C)O[Si](C)([O])O[SiH](C)O1. The zero-order chi connectivity index (χ0) is 10.1. The third-order valence-electron chi connectivity index (χ3n) is 1.53. The van der Waals surface area contributed by atoms with Crippen LogP contribution in [0.2, 0.25) is 26.2 Å². The van der Waals surface area contributed by atoms with Gasteiger partial charge >= 0.3 is 27.4 Å². The highest BCUT2D eigenvalue weighted by molar-refractivity contribution is 6.77. The molecule has 0 aliphatic carbocycles. The topological polar surface area (TPSA) is 56.8 Å². The van der Waals surface area contributed by atoms with Crippen molar-refractivity contribution in [3.63, 3.8) is 0 Å². The standard InChI is InChI=1S/C4H15O5Si4/c1-10-6-11(2)8-13(4,5)9-12(3)7-10/h10-12H,1-4H3. The second-order valence-corrected chi connectivity index (χ2v) is 12.3. The van der Waals surface area contributed by atoms with Gasteiger partial charge in [-0.3, -0.25) is 0 Å². The van der Waals surface area contributed by atoms with Crippen molar-refractivity contribution in [2.45, 2.75) is 26.2 Å². The molecule has 13 heavy (non-hydrogen) atoms. The van der Waals surface area contributed by atoms with E-state index >= 15 is 0 Å². The van der Waals surface area contributed by atoms with Crippen molar-refractivity contribution < 1.29 is 21.3 Å². The minimum Gasteiger partial charge on any atom is -0.420 e. The molecule has 77 valence electrons. The summed E-state index contributed by atoms with van der Waals surface area (Å²) < 4.78 is 21.6. The van der Waals surface area contributed by atoms with Crippen molar-refractivity contribution in [2.24, 2.45) is 0 Å². The van der Waals surface area contributed by atoms with E-state index in [1.54, 1.807) is 0 Å². The maximum atomic E-state index is 11.6. The molecule has 1 aliphatic heterocycles. The van der Waals surface area contributed by atoms with Gasteiger partial charge in [-0.05, 0) is 19.6 Å². The van der Waals surface area contributed by atoms with Gasteiger partial charge in [-0.2, -0.15) is 0 Å². The van der Waals surface area contributed by atoms with Crippen LogP contribution < -0.4 is 0 Å². The van der Waals surface area contributed by atoms with Crippen LogP contribution in [0.5, 0.6) is 0 Å². The molecule has 1 rings (SSSR count). The van der Waals surface area contributed by atoms with Crippen LogP contribution in [0.3, 0.4) is 0 Å². The van der Waals surface area contributed by atoms with Gasteiger partial charge in [0.2, 0.25) is 0 Å². The van der Waals surface area contributed by atoms with Gasteiger partial charge in [0.1, 0.15) is 0 Å². The Morgan fingerprint density at radius 1 is 0.923 bits per heavy atom. The van der Waals surface area contributed by atoms with E-state index in [9.17, 15) is 4.80 Å². The van der Waals surface area contributed by atoms with Crippen molar-refractivity contribution in [1.29, 1.82) is 0 Å². The van der Waals surface area contributed by atoms with Gasteiger partial charge in [0.15, 0.2) is 0 Å². The van der Waals surface area contributed by atoms with E-state index in [-0.39, 0.29) is 0 Å². The van der Waals surface area contributed by atoms with Crippen molar-refractivity contribution in [2.75, 3.05) is 0 Å². The molecule has 0 N–H and O–H groups in total. The monoisotopic (exact) mass is 255 g/mol. The molecule has 0 aromatic heterocycles. The summed E-state index contributed by atoms with van der Waals surface area (Å²) in [6, 6.07) is 0. The summed E-state index contributed by atoms with van der Waals surface area (Å²) in [5.41, 5.74) is 0. The average Bonchev–Trinajstić information content (AvgIpc) is 1.78. The van der Waals surface area contributed by atoms with Crippen LogP contribution in [0.15, 0.2) is 0 Å². The molecule has 0 amide bonds. The lowest BCUT2D eigenvalue weighted by Gasteiger charge is -2.31. The van der Waals surface area contributed by atoms with Crippen molar-refractivity contribution in [3.8, 4) is 0 Å². The lowest BCUT2D eigenvalue weighted by atomic mass is 11.9. The molecular formula is C4H15O5Si4. The first-order valence-corrected chi connectivity index (χ1v) is 12.8. The lowest BCUT2D eigenvalue weighted by molar-refractivity contribution is 0.172. The van der Waals surface area contributed by atoms with Crippen LogP contribution in [0.4, 0.5) is 0 Å². The fraction of sp³-hybridized carbons (Fsp3) is 1.00. The highest BCUT2D eigenvalue weighted by Gasteiger charge is 2.40. The molecule has 2 unspecified atom stereocenters. The molecule has 0 aromatic carbocycles. The van der Waals surface area contributed by atoms with Crippen molar-refractivity contribution >= 4 is 36.7 Å². The van der Waals surface area contributed by atoms with Crippen LogP contribution in [0, 0.1) is 0 Å². The van der Waals surface area contributed by atoms with Gasteiger partial charge < -0.3 is 16.5 Å². The lowest BCUT2D eigenvalue weighted by Crippen LogP contribution is -2.52. The van der Waals surface area contributed by atoms with E-state index in [1.165, 1.54) is 6.55 Å². The molecule has 2 atom stereocenters. The number of rotatable bonds is 0. The minimum absolute atomic E-state index is 1.50. The van der Waals surface area contributed by atoms with Crippen LogP contribution in [-0.4, -0.2) is 36.7 Å². The van der Waals surface area contributed by atoms with Crippen LogP contribution in [0.1, 0.15) is 0 Å². The van der Waals surface area contributed by atoms with Crippen LogP contribution in [-0.2, 0) is 21.3 Å². The Labute approximate surface area is 84.5 Å². The van der Waals surface area contributed by atoms with Gasteiger partial charge in [-0.15, -0.1) is 0 Å². The van der Waals surface area contributed by atoms with E-state index in [0.29, 0.717) is 0 Å². The van der Waals surface area contributed by atoms with Crippen LogP contribution in [0.25, 0.3) is 0 Å². The Balaban J connectivity index is 2.59. The van der Waals surface area contributed by atoms with E-state index in [4.69, 9.17) is 16.5 Å². The summed E-state index contributed by atoms with van der Waals surface area (Å²) in [6.07, 6.45) is 0. The number of hydrogen-bond donors (Lipinski definition) is 0. The van der Waals surface area contributed by atoms with Gasteiger partial charge in [-0.25, -0.2) is 4.80 Å². The molecule has 9 heteroatoms. The summed E-state index contributed by atoms with van der Waals surface area (Å²) in [5, 5.41) is 0. The highest BCUT2D eigenvalue weighted by Crippen LogP contribution is 2.13. The molecular weight excluding hydrogens is 240 g/mol. The molecule has 1 aliphatic rings. The second kappa shape index (κ2) is 4.46. The second-order valence-electron chi connectivity index (χ2n) is 3.07. The molecule has 1 fully saturated rings. The Morgan fingerprint density at radius 2 is 1.31 bits per heavy atom. The van der Waals surface area contributed by atoms with E-state index in [1.807, 2.05) is 19.6 Å². The van der Waals surface area contributed by atoms with Gasteiger partial charge in [-0.1, -0.05) is 0 Å². The summed E-state index contributed by atoms with van der Waals surface area (Å²) in [4.78, 5) is 11.6. The fourth-order valence-corrected chi connectivity index (χ4v) is 13.4. The third kappa shape index (κ3) is 4.14. The molecule has 0 aromatic rings. The zero-order valence-electron chi connectivity index (χ0n) is 8.27. The third-order valence-corrected chi connectivity index (χ3v) is 13.7. The predicted octanol–water partition coefficient (Wildman–Crippen LogP) is -0.384. The van der Waals surface area contributed by atoms with Gasteiger partial charge in [0.05, 0.1) is 0 Å². The normalized spacial score (nSPS) is 48.2. The Hall–Kier alpha value is 0.668. The molecule has 0 saturated carbocycles. The Bertz CT molecular complexity index is 162. The number of hydrogen-bond acceptors (Lipinski definition) is 4. The van der Waals surface area contributed by atoms with Gasteiger partial charge in [0, 0.05) is 6.55 Å².